The van der Waals surface area contributed by atoms with Crippen LogP contribution < -0.4 is 0 Å². The number of hydrogen-bond acceptors (Lipinski definition) is 7. The summed E-state index contributed by atoms with van der Waals surface area (Å²) in [7, 11) is -5.31. The minimum atomic E-state index is -5.31. The second kappa shape index (κ2) is 10.4. The molecule has 0 aromatic heterocycles. The predicted molar refractivity (Wildman–Crippen MR) is 106 cm³/mol. The summed E-state index contributed by atoms with van der Waals surface area (Å²) >= 11 is 0. The lowest BCUT2D eigenvalue weighted by Gasteiger charge is -2.38. The lowest BCUT2D eigenvalue weighted by molar-refractivity contribution is -0.170. The molecule has 4 atom stereocenters. The van der Waals surface area contributed by atoms with Gasteiger partial charge in [0.05, 0.1) is 6.61 Å². The number of aliphatic hydroxyl groups excluding tert-OH is 3. The number of phosphoric ester groups is 1. The number of rotatable bonds is 11. The normalized spacial score (nSPS) is 17.0. The van der Waals surface area contributed by atoms with Crippen LogP contribution in [-0.4, -0.2) is 66.5 Å². The van der Waals surface area contributed by atoms with Gasteiger partial charge in [0.15, 0.2) is 11.4 Å². The van der Waals surface area contributed by atoms with Gasteiger partial charge < -0.3 is 30.2 Å². The van der Waals surface area contributed by atoms with Crippen LogP contribution in [0.4, 0.5) is 0 Å². The number of benzene rings is 2. The van der Waals surface area contributed by atoms with E-state index in [0.717, 1.165) is 0 Å². The largest absolute Gasteiger partial charge is 0.470 e. The van der Waals surface area contributed by atoms with Crippen molar-refractivity contribution >= 4 is 13.6 Å². The lowest BCUT2D eigenvalue weighted by Crippen LogP contribution is -2.60. The van der Waals surface area contributed by atoms with E-state index in [1.807, 2.05) is 0 Å². The Morgan fingerprint density at radius 2 is 1.47 bits per heavy atom. The molecular formula is C20H25O9P. The first-order valence-corrected chi connectivity index (χ1v) is 10.6. The molecule has 0 radical (unpaired) electrons. The fourth-order valence-electron chi connectivity index (χ4n) is 3.09. The Bertz CT molecular complexity index is 855. The van der Waals surface area contributed by atoms with Crippen molar-refractivity contribution in [2.75, 3.05) is 6.61 Å². The first kappa shape index (κ1) is 24.3. The fraction of sp³-hybridized carbons (Fsp3) is 0.350. The van der Waals surface area contributed by atoms with Gasteiger partial charge in [0, 0.05) is 12.8 Å². The highest BCUT2D eigenvalue weighted by atomic mass is 31.2. The Balaban J connectivity index is 2.51. The van der Waals surface area contributed by atoms with Crippen LogP contribution >= 0.6 is 7.82 Å². The molecule has 9 nitrogen and oxygen atoms in total. The molecule has 0 aliphatic rings. The lowest BCUT2D eigenvalue weighted by atomic mass is 9.79. The molecular weight excluding hydrogens is 415 g/mol. The summed E-state index contributed by atoms with van der Waals surface area (Å²) in [6, 6.07) is 16.4. The van der Waals surface area contributed by atoms with Crippen molar-refractivity contribution in [1.82, 2.24) is 0 Å². The number of ketones is 1. The van der Waals surface area contributed by atoms with Crippen molar-refractivity contribution in [3.05, 3.63) is 71.8 Å². The SMILES string of the molecule is O=C(Cc1ccccc1)[C@@](O)(Cc1ccccc1)[C@@H](OP(=O)(O)O)[C@H](O)[C@H](O)CO. The van der Waals surface area contributed by atoms with Gasteiger partial charge in [-0.15, -0.1) is 0 Å². The maximum absolute atomic E-state index is 13.1. The summed E-state index contributed by atoms with van der Waals surface area (Å²) in [5.74, 6) is -0.889. The first-order valence-electron chi connectivity index (χ1n) is 9.11. The number of carbonyl (C=O) groups excluding carboxylic acids is 1. The molecule has 0 spiro atoms. The van der Waals surface area contributed by atoms with E-state index >= 15 is 0 Å². The molecule has 0 bridgehead atoms. The molecule has 0 saturated heterocycles. The van der Waals surface area contributed by atoms with Crippen LogP contribution in [0.3, 0.4) is 0 Å². The Morgan fingerprint density at radius 1 is 0.967 bits per heavy atom. The van der Waals surface area contributed by atoms with Crippen LogP contribution in [-0.2, 0) is 26.7 Å². The maximum atomic E-state index is 13.1. The molecule has 2 aromatic rings. The highest BCUT2D eigenvalue weighted by molar-refractivity contribution is 7.46. The zero-order valence-electron chi connectivity index (χ0n) is 16.0. The van der Waals surface area contributed by atoms with Gasteiger partial charge >= 0.3 is 7.82 Å². The Labute approximate surface area is 173 Å². The van der Waals surface area contributed by atoms with E-state index < -0.39 is 50.5 Å². The summed E-state index contributed by atoms with van der Waals surface area (Å²) in [6.45, 7) is -0.990. The predicted octanol–water partition coefficient (Wildman–Crippen LogP) is -0.0360. The minimum absolute atomic E-state index is 0.326. The monoisotopic (exact) mass is 440 g/mol. The molecule has 0 fully saturated rings. The van der Waals surface area contributed by atoms with Gasteiger partial charge in [0.2, 0.25) is 0 Å². The molecule has 0 amide bonds. The van der Waals surface area contributed by atoms with Crippen LogP contribution in [0.25, 0.3) is 0 Å². The zero-order valence-corrected chi connectivity index (χ0v) is 16.9. The van der Waals surface area contributed by atoms with Gasteiger partial charge in [-0.25, -0.2) is 4.57 Å². The second-order valence-corrected chi connectivity index (χ2v) is 8.12. The summed E-state index contributed by atoms with van der Waals surface area (Å²) in [5, 5.41) is 40.7. The Hall–Kier alpha value is -1.94. The van der Waals surface area contributed by atoms with E-state index in [1.54, 1.807) is 60.7 Å². The van der Waals surface area contributed by atoms with E-state index in [0.29, 0.717) is 11.1 Å². The van der Waals surface area contributed by atoms with E-state index in [4.69, 9.17) is 5.11 Å². The highest BCUT2D eigenvalue weighted by Gasteiger charge is 2.51. The van der Waals surface area contributed by atoms with Gasteiger partial charge in [-0.1, -0.05) is 60.7 Å². The summed E-state index contributed by atoms with van der Waals surface area (Å²) in [4.78, 5) is 31.8. The molecule has 6 N–H and O–H groups in total. The number of Topliss-reactive ketones (excluding diaryl/α,β-unsaturated/α-hetero) is 1. The van der Waals surface area contributed by atoms with Crippen molar-refractivity contribution in [1.29, 1.82) is 0 Å². The first-order chi connectivity index (χ1) is 14.1. The number of carbonyl (C=O) groups is 1. The maximum Gasteiger partial charge on any atom is 0.470 e. The van der Waals surface area contributed by atoms with Crippen LogP contribution in [0.1, 0.15) is 11.1 Å². The van der Waals surface area contributed by atoms with Crippen LogP contribution in [0.2, 0.25) is 0 Å². The third kappa shape index (κ3) is 6.53. The third-order valence-electron chi connectivity index (χ3n) is 4.62. The molecule has 0 unspecified atom stereocenters. The summed E-state index contributed by atoms with van der Waals surface area (Å²) < 4.78 is 16.1. The molecule has 164 valence electrons. The smallest absolute Gasteiger partial charge is 0.394 e. The average Bonchev–Trinajstić information content (AvgIpc) is 2.71. The Morgan fingerprint density at radius 3 is 1.93 bits per heavy atom. The van der Waals surface area contributed by atoms with Gasteiger partial charge in [0.1, 0.15) is 18.3 Å². The van der Waals surface area contributed by atoms with Crippen molar-refractivity contribution in [3.63, 3.8) is 0 Å². The van der Waals surface area contributed by atoms with E-state index in [9.17, 15) is 34.5 Å². The van der Waals surface area contributed by atoms with E-state index in [1.165, 1.54) is 0 Å². The molecule has 0 aliphatic carbocycles. The van der Waals surface area contributed by atoms with E-state index in [-0.39, 0.29) is 6.42 Å². The molecule has 0 aliphatic heterocycles. The standard InChI is InChI=1S/C20H25O9P/c21-13-16(22)18(24)19(29-30(26,27)28)20(25,12-15-9-5-2-6-10-15)17(23)11-14-7-3-1-4-8-14/h1-10,16,18-19,21-22,24-25H,11-13H2,(H2,26,27,28)/t16-,18-,19+,20+/m1/s1. The van der Waals surface area contributed by atoms with Crippen molar-refractivity contribution in [3.8, 4) is 0 Å². The van der Waals surface area contributed by atoms with Gasteiger partial charge in [-0.05, 0) is 11.1 Å². The van der Waals surface area contributed by atoms with E-state index in [2.05, 4.69) is 4.52 Å². The van der Waals surface area contributed by atoms with Gasteiger partial charge in [-0.2, -0.15) is 0 Å². The Kier molecular flexibility index (Phi) is 8.42. The molecule has 10 heteroatoms. The van der Waals surface area contributed by atoms with Crippen LogP contribution in [0.5, 0.6) is 0 Å². The molecule has 2 aromatic carbocycles. The quantitative estimate of drug-likeness (QED) is 0.263. The van der Waals surface area contributed by atoms with Gasteiger partial charge in [-0.3, -0.25) is 9.32 Å². The van der Waals surface area contributed by atoms with Crippen LogP contribution in [0.15, 0.2) is 60.7 Å². The second-order valence-electron chi connectivity index (χ2n) is 6.93. The fourth-order valence-corrected chi connectivity index (χ4v) is 3.68. The van der Waals surface area contributed by atoms with Crippen molar-refractivity contribution < 1.29 is 44.1 Å². The summed E-state index contributed by atoms with van der Waals surface area (Å²) in [5.41, 5.74) is -1.69. The zero-order chi connectivity index (χ0) is 22.4. The average molecular weight is 440 g/mol. The molecule has 30 heavy (non-hydrogen) atoms. The number of aliphatic hydroxyl groups is 4. The van der Waals surface area contributed by atoms with Gasteiger partial charge in [0.25, 0.3) is 0 Å². The topological polar surface area (TPSA) is 165 Å². The third-order valence-corrected chi connectivity index (χ3v) is 5.12. The van der Waals surface area contributed by atoms with Crippen LogP contribution in [0, 0.1) is 0 Å². The minimum Gasteiger partial charge on any atom is -0.394 e. The number of hydrogen-bond donors (Lipinski definition) is 6. The summed E-state index contributed by atoms with van der Waals surface area (Å²) in [6.07, 6.45) is -7.10. The highest BCUT2D eigenvalue weighted by Crippen LogP contribution is 2.42. The number of phosphoric acid groups is 1. The van der Waals surface area contributed by atoms with Crippen molar-refractivity contribution in [2.45, 2.75) is 36.8 Å². The van der Waals surface area contributed by atoms with Crippen molar-refractivity contribution in [2.24, 2.45) is 0 Å². The molecule has 0 saturated carbocycles. The molecule has 2 rings (SSSR count). The molecule has 0 heterocycles.